The number of nitrogens with two attached hydrogens (primary N) is 1. The third-order valence-corrected chi connectivity index (χ3v) is 5.17. The summed E-state index contributed by atoms with van der Waals surface area (Å²) in [6.45, 7) is -0.671. The van der Waals surface area contributed by atoms with E-state index in [1.807, 2.05) is 0 Å². The Balaban J connectivity index is 1.45. The summed E-state index contributed by atoms with van der Waals surface area (Å²) in [5.74, 6) is -6.01. The molecule has 1 aromatic heterocycles. The third kappa shape index (κ3) is 3.41. The van der Waals surface area contributed by atoms with Gasteiger partial charge in [-0.25, -0.2) is 13.2 Å². The van der Waals surface area contributed by atoms with Crippen LogP contribution in [0, 0.1) is 17.5 Å². The fourth-order valence-corrected chi connectivity index (χ4v) is 3.69. The second-order valence-electron chi connectivity index (χ2n) is 7.06. The Bertz CT molecular complexity index is 1010. The van der Waals surface area contributed by atoms with E-state index in [4.69, 9.17) is 10.5 Å². The van der Waals surface area contributed by atoms with Crippen LogP contribution in [0.2, 0.25) is 0 Å². The SMILES string of the molecule is NC(CC(=O)N1CCn2c(nnc2C(F)(F)F)C1)C1OCc2c1cc(F)c(F)c2F. The first-order valence-electron chi connectivity index (χ1n) is 8.88. The molecular formula is C17H15F6N5O2. The molecular weight excluding hydrogens is 420 g/mol. The smallest absolute Gasteiger partial charge is 0.367 e. The molecule has 0 bridgehead atoms. The normalized spacial score (nSPS) is 19.6. The number of rotatable bonds is 3. The molecule has 3 heterocycles. The Morgan fingerprint density at radius 1 is 1.23 bits per heavy atom. The second-order valence-corrected chi connectivity index (χ2v) is 7.06. The van der Waals surface area contributed by atoms with Crippen LogP contribution in [0.25, 0.3) is 0 Å². The molecule has 1 amide bonds. The minimum Gasteiger partial charge on any atom is -0.367 e. The van der Waals surface area contributed by atoms with Crippen LogP contribution >= 0.6 is 0 Å². The molecule has 162 valence electrons. The van der Waals surface area contributed by atoms with Crippen molar-refractivity contribution in [2.75, 3.05) is 6.54 Å². The molecule has 2 atom stereocenters. The van der Waals surface area contributed by atoms with Gasteiger partial charge in [0, 0.05) is 31.1 Å². The van der Waals surface area contributed by atoms with Gasteiger partial charge in [-0.2, -0.15) is 13.2 Å². The maximum atomic E-state index is 13.9. The monoisotopic (exact) mass is 435 g/mol. The second kappa shape index (κ2) is 7.23. The predicted octanol–water partition coefficient (Wildman–Crippen LogP) is 2.05. The van der Waals surface area contributed by atoms with Crippen molar-refractivity contribution in [3.05, 3.63) is 46.3 Å². The van der Waals surface area contributed by atoms with Crippen molar-refractivity contribution in [3.8, 4) is 0 Å². The fraction of sp³-hybridized carbons (Fsp3) is 0.471. The van der Waals surface area contributed by atoms with Crippen LogP contribution < -0.4 is 5.73 Å². The van der Waals surface area contributed by atoms with Gasteiger partial charge in [0.05, 0.1) is 19.3 Å². The van der Waals surface area contributed by atoms with Crippen LogP contribution in [-0.2, 0) is 35.4 Å². The predicted molar refractivity (Wildman–Crippen MR) is 86.9 cm³/mol. The molecule has 4 rings (SSSR count). The Morgan fingerprint density at radius 3 is 2.67 bits per heavy atom. The highest BCUT2D eigenvalue weighted by Crippen LogP contribution is 2.37. The number of fused-ring (bicyclic) bond motifs is 2. The molecule has 7 nitrogen and oxygen atoms in total. The standard InChI is InChI=1S/C17H15F6N5O2/c18-9-3-7-8(13(19)14(9)20)6-30-15(7)10(24)4-12(29)27-1-2-28-11(5-27)25-26-16(28)17(21,22)23/h3,10,15H,1-2,4-6,24H2. The molecule has 2 aliphatic heterocycles. The average Bonchev–Trinajstić information content (AvgIpc) is 3.29. The van der Waals surface area contributed by atoms with Crippen LogP contribution in [0.15, 0.2) is 6.07 Å². The molecule has 0 spiro atoms. The highest BCUT2D eigenvalue weighted by atomic mass is 19.4. The maximum absolute atomic E-state index is 13.9. The molecule has 1 aromatic carbocycles. The molecule has 2 aliphatic rings. The summed E-state index contributed by atoms with van der Waals surface area (Å²) in [6.07, 6.45) is -5.99. The minimum absolute atomic E-state index is 0.0161. The van der Waals surface area contributed by atoms with Gasteiger partial charge in [-0.05, 0) is 11.6 Å². The van der Waals surface area contributed by atoms with E-state index in [0.717, 1.165) is 10.6 Å². The molecule has 0 saturated carbocycles. The van der Waals surface area contributed by atoms with E-state index in [1.165, 1.54) is 4.90 Å². The van der Waals surface area contributed by atoms with Gasteiger partial charge >= 0.3 is 6.18 Å². The number of hydrogen-bond acceptors (Lipinski definition) is 5. The minimum atomic E-state index is -4.66. The summed E-state index contributed by atoms with van der Waals surface area (Å²) in [4.78, 5) is 13.9. The number of alkyl halides is 3. The Hall–Kier alpha value is -2.67. The quantitative estimate of drug-likeness (QED) is 0.589. The molecule has 2 aromatic rings. The molecule has 13 heteroatoms. The number of carbonyl (C=O) groups excluding carboxylic acids is 1. The van der Waals surface area contributed by atoms with E-state index in [2.05, 4.69) is 10.2 Å². The zero-order valence-corrected chi connectivity index (χ0v) is 15.2. The van der Waals surface area contributed by atoms with E-state index in [9.17, 15) is 31.1 Å². The number of halogens is 6. The number of carbonyl (C=O) groups is 1. The Labute approximate surface area is 165 Å². The van der Waals surface area contributed by atoms with Gasteiger partial charge in [0.25, 0.3) is 0 Å². The first-order valence-corrected chi connectivity index (χ1v) is 8.88. The number of amides is 1. The van der Waals surface area contributed by atoms with Gasteiger partial charge in [-0.3, -0.25) is 4.79 Å². The summed E-state index contributed by atoms with van der Waals surface area (Å²) < 4.78 is 85.8. The lowest BCUT2D eigenvalue weighted by Crippen LogP contribution is -2.42. The van der Waals surface area contributed by atoms with Crippen molar-refractivity contribution in [2.24, 2.45) is 5.73 Å². The highest BCUT2D eigenvalue weighted by molar-refractivity contribution is 5.77. The van der Waals surface area contributed by atoms with Crippen LogP contribution in [0.4, 0.5) is 26.3 Å². The molecule has 0 saturated heterocycles. The van der Waals surface area contributed by atoms with E-state index in [0.29, 0.717) is 0 Å². The first-order chi connectivity index (χ1) is 14.1. The van der Waals surface area contributed by atoms with Gasteiger partial charge in [0.2, 0.25) is 11.7 Å². The van der Waals surface area contributed by atoms with Crippen molar-refractivity contribution in [2.45, 2.75) is 44.4 Å². The van der Waals surface area contributed by atoms with Crippen molar-refractivity contribution < 1.29 is 35.9 Å². The molecule has 0 fully saturated rings. The number of aromatic nitrogens is 3. The molecule has 2 unspecified atom stereocenters. The lowest BCUT2D eigenvalue weighted by molar-refractivity contribution is -0.148. The van der Waals surface area contributed by atoms with Crippen molar-refractivity contribution >= 4 is 5.91 Å². The Kier molecular flexibility index (Phi) is 4.97. The summed E-state index contributed by atoms with van der Waals surface area (Å²) >= 11 is 0. The van der Waals surface area contributed by atoms with Gasteiger partial charge < -0.3 is 19.9 Å². The summed E-state index contributed by atoms with van der Waals surface area (Å²) in [6, 6.07) is -0.217. The lowest BCUT2D eigenvalue weighted by atomic mass is 9.97. The Morgan fingerprint density at radius 2 is 1.97 bits per heavy atom. The fourth-order valence-electron chi connectivity index (χ4n) is 3.69. The first kappa shape index (κ1) is 20.6. The summed E-state index contributed by atoms with van der Waals surface area (Å²) in [5.41, 5.74) is 5.87. The van der Waals surface area contributed by atoms with Crippen molar-refractivity contribution in [3.63, 3.8) is 0 Å². The van der Waals surface area contributed by atoms with Gasteiger partial charge in [-0.1, -0.05) is 0 Å². The van der Waals surface area contributed by atoms with Crippen molar-refractivity contribution in [1.82, 2.24) is 19.7 Å². The lowest BCUT2D eigenvalue weighted by Gasteiger charge is -2.29. The molecule has 2 N–H and O–H groups in total. The highest BCUT2D eigenvalue weighted by Gasteiger charge is 2.40. The number of benzene rings is 1. The van der Waals surface area contributed by atoms with Crippen LogP contribution in [-0.4, -0.2) is 38.2 Å². The van der Waals surface area contributed by atoms with Crippen LogP contribution in [0.3, 0.4) is 0 Å². The van der Waals surface area contributed by atoms with Gasteiger partial charge in [-0.15, -0.1) is 10.2 Å². The maximum Gasteiger partial charge on any atom is 0.451 e. The van der Waals surface area contributed by atoms with E-state index >= 15 is 0 Å². The van der Waals surface area contributed by atoms with Crippen LogP contribution in [0.5, 0.6) is 0 Å². The molecule has 0 radical (unpaired) electrons. The topological polar surface area (TPSA) is 86.3 Å². The zero-order chi connectivity index (χ0) is 21.8. The van der Waals surface area contributed by atoms with E-state index in [1.54, 1.807) is 0 Å². The largest absolute Gasteiger partial charge is 0.451 e. The third-order valence-electron chi connectivity index (χ3n) is 5.17. The molecule has 0 aliphatic carbocycles. The number of ether oxygens (including phenoxy) is 1. The van der Waals surface area contributed by atoms with Gasteiger partial charge in [0.1, 0.15) is 0 Å². The zero-order valence-electron chi connectivity index (χ0n) is 15.2. The van der Waals surface area contributed by atoms with Crippen molar-refractivity contribution in [1.29, 1.82) is 0 Å². The summed E-state index contributed by atoms with van der Waals surface area (Å²) in [7, 11) is 0. The van der Waals surface area contributed by atoms with E-state index < -0.39 is 47.5 Å². The van der Waals surface area contributed by atoms with Crippen LogP contribution in [0.1, 0.15) is 35.3 Å². The molecule has 30 heavy (non-hydrogen) atoms. The number of nitrogens with zero attached hydrogens (tertiary/aromatic N) is 4. The van der Waals surface area contributed by atoms with Gasteiger partial charge in [0.15, 0.2) is 23.3 Å². The van der Waals surface area contributed by atoms with E-state index in [-0.39, 0.29) is 49.6 Å². The summed E-state index contributed by atoms with van der Waals surface area (Å²) in [5, 5.41) is 6.63. The number of hydrogen-bond donors (Lipinski definition) is 1. The average molecular weight is 435 g/mol.